The Morgan fingerprint density at radius 3 is 2.65 bits per heavy atom. The van der Waals surface area contributed by atoms with E-state index in [-0.39, 0.29) is 5.97 Å². The van der Waals surface area contributed by atoms with Gasteiger partial charge in [-0.05, 0) is 42.9 Å². The number of benzene rings is 1. The van der Waals surface area contributed by atoms with E-state index in [1.54, 1.807) is 6.07 Å². The lowest BCUT2D eigenvalue weighted by atomic mass is 9.77. The molecule has 2 rings (SSSR count). The van der Waals surface area contributed by atoms with Crippen LogP contribution in [-0.2, 0) is 4.74 Å². The van der Waals surface area contributed by atoms with Crippen LogP contribution in [0.15, 0.2) is 12.1 Å². The molecule has 0 aromatic heterocycles. The van der Waals surface area contributed by atoms with E-state index in [1.807, 2.05) is 13.0 Å². The molecule has 0 N–H and O–H groups in total. The molecule has 0 heterocycles. The first-order chi connectivity index (χ1) is 8.17. The van der Waals surface area contributed by atoms with Gasteiger partial charge < -0.3 is 4.74 Å². The van der Waals surface area contributed by atoms with Crippen molar-refractivity contribution >= 4 is 5.97 Å². The Hall–Kier alpha value is -1.82. The molecule has 88 valence electrons. The number of esters is 1. The second-order valence-corrected chi connectivity index (χ2v) is 4.49. The van der Waals surface area contributed by atoms with Crippen LogP contribution in [0.2, 0.25) is 0 Å². The Morgan fingerprint density at radius 2 is 2.18 bits per heavy atom. The minimum Gasteiger partial charge on any atom is -0.465 e. The average molecular weight is 229 g/mol. The molecule has 0 radical (unpaired) electrons. The van der Waals surface area contributed by atoms with Gasteiger partial charge in [-0.25, -0.2) is 4.79 Å². The van der Waals surface area contributed by atoms with Crippen molar-refractivity contribution in [2.75, 3.05) is 7.11 Å². The summed E-state index contributed by atoms with van der Waals surface area (Å²) in [6.07, 6.45) is 3.45. The molecule has 3 heteroatoms. The maximum absolute atomic E-state index is 11.7. The Labute approximate surface area is 101 Å². The highest BCUT2D eigenvalue weighted by Gasteiger charge is 2.25. The van der Waals surface area contributed by atoms with E-state index in [2.05, 4.69) is 6.07 Å². The van der Waals surface area contributed by atoms with Crippen LogP contribution in [0.5, 0.6) is 0 Å². The summed E-state index contributed by atoms with van der Waals surface area (Å²) in [7, 11) is 1.37. The highest BCUT2D eigenvalue weighted by atomic mass is 16.5. The molecule has 0 bridgehead atoms. The number of nitriles is 1. The number of carbonyl (C=O) groups excluding carboxylic acids is 1. The van der Waals surface area contributed by atoms with Crippen molar-refractivity contribution in [3.8, 4) is 6.07 Å². The molecule has 0 atom stereocenters. The van der Waals surface area contributed by atoms with Gasteiger partial charge in [0.1, 0.15) is 0 Å². The molecule has 0 amide bonds. The zero-order chi connectivity index (χ0) is 12.4. The Bertz CT molecular complexity index is 496. The van der Waals surface area contributed by atoms with Crippen molar-refractivity contribution in [3.05, 3.63) is 34.4 Å². The van der Waals surface area contributed by atoms with Gasteiger partial charge in [-0.15, -0.1) is 0 Å². The van der Waals surface area contributed by atoms with Gasteiger partial charge in [0.25, 0.3) is 0 Å². The minimum atomic E-state index is -0.344. The number of carbonyl (C=O) groups is 1. The Morgan fingerprint density at radius 1 is 1.47 bits per heavy atom. The number of ether oxygens (including phenoxy) is 1. The summed E-state index contributed by atoms with van der Waals surface area (Å²) in [5.74, 6) is 0.110. The van der Waals surface area contributed by atoms with Gasteiger partial charge in [-0.1, -0.05) is 12.5 Å². The number of aryl methyl sites for hydroxylation is 1. The maximum atomic E-state index is 11.7. The van der Waals surface area contributed by atoms with Crippen LogP contribution < -0.4 is 0 Å². The molecule has 1 saturated carbocycles. The first-order valence-corrected chi connectivity index (χ1v) is 5.80. The third-order valence-electron chi connectivity index (χ3n) is 3.47. The molecule has 0 unspecified atom stereocenters. The lowest BCUT2D eigenvalue weighted by molar-refractivity contribution is 0.0598. The van der Waals surface area contributed by atoms with Gasteiger partial charge in [0.2, 0.25) is 0 Å². The fraction of sp³-hybridized carbons (Fsp3) is 0.429. The zero-order valence-corrected chi connectivity index (χ0v) is 10.1. The van der Waals surface area contributed by atoms with E-state index in [9.17, 15) is 4.79 Å². The summed E-state index contributed by atoms with van der Waals surface area (Å²) in [4.78, 5) is 11.7. The standard InChI is InChI=1S/C14H15NO2/c1-9-6-12(10-4-3-5-10)13(14(16)17-2)7-11(9)8-15/h6-7,10H,3-5H2,1-2H3. The summed E-state index contributed by atoms with van der Waals surface area (Å²) in [5.41, 5.74) is 3.08. The first kappa shape index (κ1) is 11.7. The number of hydrogen-bond donors (Lipinski definition) is 0. The molecule has 1 aliphatic carbocycles. The molecule has 1 aromatic rings. The predicted molar refractivity (Wildman–Crippen MR) is 63.8 cm³/mol. The second-order valence-electron chi connectivity index (χ2n) is 4.49. The fourth-order valence-electron chi connectivity index (χ4n) is 2.19. The van der Waals surface area contributed by atoms with Crippen molar-refractivity contribution in [1.82, 2.24) is 0 Å². The van der Waals surface area contributed by atoms with E-state index in [1.165, 1.54) is 13.5 Å². The normalized spacial score (nSPS) is 14.9. The number of hydrogen-bond acceptors (Lipinski definition) is 3. The van der Waals surface area contributed by atoms with E-state index < -0.39 is 0 Å². The van der Waals surface area contributed by atoms with Crippen LogP contribution in [0.4, 0.5) is 0 Å². The van der Waals surface area contributed by atoms with Crippen LogP contribution >= 0.6 is 0 Å². The molecule has 17 heavy (non-hydrogen) atoms. The van der Waals surface area contributed by atoms with Crippen molar-refractivity contribution < 1.29 is 9.53 Å². The van der Waals surface area contributed by atoms with E-state index in [0.29, 0.717) is 17.0 Å². The van der Waals surface area contributed by atoms with Crippen LogP contribution in [0, 0.1) is 18.3 Å². The predicted octanol–water partition coefficient (Wildman–Crippen LogP) is 2.92. The van der Waals surface area contributed by atoms with Crippen molar-refractivity contribution in [3.63, 3.8) is 0 Å². The number of nitrogens with zero attached hydrogens (tertiary/aromatic N) is 1. The summed E-state index contributed by atoms with van der Waals surface area (Å²) in [6, 6.07) is 5.74. The van der Waals surface area contributed by atoms with Crippen molar-refractivity contribution in [2.45, 2.75) is 32.1 Å². The van der Waals surface area contributed by atoms with Crippen LogP contribution in [0.1, 0.15) is 52.2 Å². The molecule has 3 nitrogen and oxygen atoms in total. The van der Waals surface area contributed by atoms with Crippen LogP contribution in [0.3, 0.4) is 0 Å². The van der Waals surface area contributed by atoms with Gasteiger partial charge in [-0.2, -0.15) is 5.26 Å². The quantitative estimate of drug-likeness (QED) is 0.732. The average Bonchev–Trinajstić information content (AvgIpc) is 2.26. The second kappa shape index (κ2) is 4.58. The third-order valence-corrected chi connectivity index (χ3v) is 3.47. The lowest BCUT2D eigenvalue weighted by Gasteiger charge is -2.27. The SMILES string of the molecule is COC(=O)c1cc(C#N)c(C)cc1C1CCC1. The molecule has 1 aromatic carbocycles. The molecule has 1 fully saturated rings. The molecular formula is C14H15NO2. The molecule has 1 aliphatic rings. The summed E-state index contributed by atoms with van der Waals surface area (Å²) < 4.78 is 4.79. The molecule has 0 aliphatic heterocycles. The number of methoxy groups -OCH3 is 1. The van der Waals surface area contributed by atoms with Gasteiger partial charge in [0.15, 0.2) is 0 Å². The van der Waals surface area contributed by atoms with Crippen molar-refractivity contribution in [1.29, 1.82) is 5.26 Å². The van der Waals surface area contributed by atoms with Crippen LogP contribution in [0.25, 0.3) is 0 Å². The van der Waals surface area contributed by atoms with E-state index >= 15 is 0 Å². The largest absolute Gasteiger partial charge is 0.465 e. The topological polar surface area (TPSA) is 50.1 Å². The third kappa shape index (κ3) is 2.03. The maximum Gasteiger partial charge on any atom is 0.338 e. The number of rotatable bonds is 2. The minimum absolute atomic E-state index is 0.344. The van der Waals surface area contributed by atoms with Gasteiger partial charge in [0, 0.05) is 0 Å². The molecular weight excluding hydrogens is 214 g/mol. The van der Waals surface area contributed by atoms with Gasteiger partial charge in [-0.3, -0.25) is 0 Å². The summed E-state index contributed by atoms with van der Waals surface area (Å²) in [6.45, 7) is 1.90. The van der Waals surface area contributed by atoms with Gasteiger partial charge >= 0.3 is 5.97 Å². The highest BCUT2D eigenvalue weighted by Crippen LogP contribution is 2.39. The van der Waals surface area contributed by atoms with Gasteiger partial charge in [0.05, 0.1) is 24.3 Å². The fourth-order valence-corrected chi connectivity index (χ4v) is 2.19. The monoisotopic (exact) mass is 229 g/mol. The molecule has 0 spiro atoms. The van der Waals surface area contributed by atoms with E-state index in [4.69, 9.17) is 10.00 Å². The highest BCUT2D eigenvalue weighted by molar-refractivity contribution is 5.92. The Balaban J connectivity index is 2.52. The summed E-state index contributed by atoms with van der Waals surface area (Å²) >= 11 is 0. The lowest BCUT2D eigenvalue weighted by Crippen LogP contribution is -2.15. The van der Waals surface area contributed by atoms with Crippen LogP contribution in [-0.4, -0.2) is 13.1 Å². The van der Waals surface area contributed by atoms with E-state index in [0.717, 1.165) is 24.0 Å². The van der Waals surface area contributed by atoms with Crippen molar-refractivity contribution in [2.24, 2.45) is 0 Å². The molecule has 0 saturated heterocycles. The Kier molecular flexibility index (Phi) is 3.14. The first-order valence-electron chi connectivity index (χ1n) is 5.80. The summed E-state index contributed by atoms with van der Waals surface area (Å²) in [5, 5.41) is 9.00. The smallest absolute Gasteiger partial charge is 0.338 e. The zero-order valence-electron chi connectivity index (χ0n) is 10.1.